The second kappa shape index (κ2) is 4.08. The van der Waals surface area contributed by atoms with E-state index in [1.54, 1.807) is 6.92 Å². The van der Waals surface area contributed by atoms with Gasteiger partial charge in [0.15, 0.2) is 0 Å². The van der Waals surface area contributed by atoms with Gasteiger partial charge in [-0.15, -0.1) is 0 Å². The third-order valence-electron chi connectivity index (χ3n) is 0.310. The van der Waals surface area contributed by atoms with Crippen LogP contribution in [-0.4, -0.2) is 4.21 Å². The summed E-state index contributed by atoms with van der Waals surface area (Å²) in [6.45, 7) is 2.91. The van der Waals surface area contributed by atoms with E-state index in [1.165, 1.54) is 0 Å². The second-order valence-electron chi connectivity index (χ2n) is 0.865. The van der Waals surface area contributed by atoms with E-state index in [0.29, 0.717) is 6.42 Å². The van der Waals surface area contributed by atoms with E-state index >= 15 is 0 Å². The highest BCUT2D eigenvalue weighted by atomic mass is 32.2. The minimum atomic E-state index is -2.62. The summed E-state index contributed by atoms with van der Waals surface area (Å²) < 4.78 is 24.4. The van der Waals surface area contributed by atoms with E-state index in [4.69, 9.17) is 0 Å². The van der Waals surface area contributed by atoms with Gasteiger partial charge in [-0.25, -0.2) is 0 Å². The molecule has 0 saturated carbocycles. The molecule has 42 valence electrons. The number of hydrogen-bond acceptors (Lipinski definition) is 2. The van der Waals surface area contributed by atoms with Crippen molar-refractivity contribution in [3.05, 3.63) is 6.61 Å². The first-order chi connectivity index (χ1) is 3.27. The lowest BCUT2D eigenvalue weighted by molar-refractivity contribution is 0.401. The molecule has 0 aromatic carbocycles. The Morgan fingerprint density at radius 3 is 2.71 bits per heavy atom. The molecule has 7 heavy (non-hydrogen) atoms. The van der Waals surface area contributed by atoms with E-state index in [0.717, 1.165) is 6.61 Å². The van der Waals surface area contributed by atoms with Crippen LogP contribution in [-0.2, 0) is 15.6 Å². The number of halogens is 1. The molecule has 0 aliphatic heterocycles. The van der Waals surface area contributed by atoms with Crippen LogP contribution < -0.4 is 0 Å². The van der Waals surface area contributed by atoms with Crippen LogP contribution in [0.2, 0.25) is 0 Å². The molecule has 1 unspecified atom stereocenters. The second-order valence-corrected chi connectivity index (χ2v) is 1.45. The zero-order chi connectivity index (χ0) is 5.70. The molecule has 0 N–H and O–H groups in total. The van der Waals surface area contributed by atoms with Crippen molar-refractivity contribution in [3.63, 3.8) is 0 Å². The van der Waals surface area contributed by atoms with E-state index in [2.05, 4.69) is 4.18 Å². The predicted molar refractivity (Wildman–Crippen MR) is 24.9 cm³/mol. The number of hydrogen-bond donors (Lipinski definition) is 0. The third kappa shape index (κ3) is 5.91. The highest BCUT2D eigenvalue weighted by molar-refractivity contribution is 7.74. The molecule has 0 radical (unpaired) electrons. The molecule has 0 aliphatic carbocycles. The van der Waals surface area contributed by atoms with Crippen LogP contribution in [0.3, 0.4) is 0 Å². The Bertz CT molecular complexity index is 66.0. The first kappa shape index (κ1) is 6.91. The summed E-state index contributed by atoms with van der Waals surface area (Å²) in [6.07, 6.45) is 0.565. The van der Waals surface area contributed by atoms with Gasteiger partial charge in [-0.05, 0) is 6.92 Å². The predicted octanol–water partition coefficient (Wildman–Crippen LogP) is 1.12. The van der Waals surface area contributed by atoms with Gasteiger partial charge in [-0.1, -0.05) is 8.07 Å². The average molecular weight is 125 g/mol. The first-order valence-corrected chi connectivity index (χ1v) is 2.81. The van der Waals surface area contributed by atoms with Crippen LogP contribution in [0, 0.1) is 6.61 Å². The van der Waals surface area contributed by atoms with E-state index in [-0.39, 0.29) is 0 Å². The maximum atomic E-state index is 11.1. The van der Waals surface area contributed by atoms with Crippen molar-refractivity contribution in [1.82, 2.24) is 0 Å². The molecular weight excluding hydrogens is 119 g/mol. The van der Waals surface area contributed by atoms with Crippen molar-refractivity contribution in [3.8, 4) is 0 Å². The van der Waals surface area contributed by atoms with Gasteiger partial charge in [-0.2, -0.15) is 4.21 Å². The van der Waals surface area contributed by atoms with Crippen molar-refractivity contribution in [2.75, 3.05) is 0 Å². The fourth-order valence-electron chi connectivity index (χ4n) is 0.122. The van der Waals surface area contributed by atoms with Gasteiger partial charge < -0.3 is 0 Å². The third-order valence-corrected chi connectivity index (χ3v) is 0.598. The molecule has 0 heterocycles. The molecule has 0 spiro atoms. The Morgan fingerprint density at radius 1 is 2.00 bits per heavy atom. The molecular formula is C3H6FO2S+. The topological polar surface area (TPSA) is 26.3 Å². The van der Waals surface area contributed by atoms with Gasteiger partial charge in [0.25, 0.3) is 0 Å². The molecule has 0 amide bonds. The van der Waals surface area contributed by atoms with Crippen LogP contribution in [0.4, 0.5) is 3.89 Å². The van der Waals surface area contributed by atoms with E-state index in [1.807, 2.05) is 0 Å². The lowest BCUT2D eigenvalue weighted by atomic mass is 10.5. The van der Waals surface area contributed by atoms with Crippen LogP contribution >= 0.6 is 0 Å². The van der Waals surface area contributed by atoms with Crippen LogP contribution in [0.15, 0.2) is 0 Å². The summed E-state index contributed by atoms with van der Waals surface area (Å²) in [5.74, 6) is 0. The van der Waals surface area contributed by atoms with Gasteiger partial charge in [-0.3, -0.25) is 0 Å². The quantitative estimate of drug-likeness (QED) is 0.417. The first-order valence-electron chi connectivity index (χ1n) is 1.84. The Kier molecular flexibility index (Phi) is 4.03. The van der Waals surface area contributed by atoms with Crippen molar-refractivity contribution in [2.45, 2.75) is 13.3 Å². The summed E-state index contributed by atoms with van der Waals surface area (Å²) in [5, 5.41) is 0. The molecule has 0 bridgehead atoms. The van der Waals surface area contributed by atoms with Gasteiger partial charge in [0.1, 0.15) is 6.42 Å². The van der Waals surface area contributed by atoms with Gasteiger partial charge >= 0.3 is 11.5 Å². The molecule has 0 aromatic rings. The Balaban J connectivity index is 2.82. The molecule has 0 aliphatic rings. The minimum Gasteiger partial charge on any atom is -0.188 e. The maximum Gasteiger partial charge on any atom is 0.388 e. The van der Waals surface area contributed by atoms with Crippen LogP contribution in [0.5, 0.6) is 0 Å². The average Bonchev–Trinajstić information content (AvgIpc) is 1.61. The molecule has 4 heteroatoms. The SMILES string of the molecule is CC[CH+]OS(=O)F. The highest BCUT2D eigenvalue weighted by Crippen LogP contribution is 1.92. The molecule has 0 saturated heterocycles. The zero-order valence-electron chi connectivity index (χ0n) is 3.89. The minimum absolute atomic E-state index is 0.565. The zero-order valence-corrected chi connectivity index (χ0v) is 4.70. The monoisotopic (exact) mass is 125 g/mol. The summed E-state index contributed by atoms with van der Waals surface area (Å²) in [4.78, 5) is 0. The van der Waals surface area contributed by atoms with Crippen molar-refractivity contribution >= 4 is 11.5 Å². The Hall–Kier alpha value is -0.0900. The molecule has 2 nitrogen and oxygen atoms in total. The van der Waals surface area contributed by atoms with Crippen molar-refractivity contribution < 1.29 is 12.3 Å². The summed E-state index contributed by atoms with van der Waals surface area (Å²) in [6, 6.07) is 0. The molecule has 0 rings (SSSR count). The van der Waals surface area contributed by atoms with Gasteiger partial charge in [0, 0.05) is 0 Å². The van der Waals surface area contributed by atoms with Crippen molar-refractivity contribution in [2.24, 2.45) is 0 Å². The fraction of sp³-hybridized carbons (Fsp3) is 0.667. The maximum absolute atomic E-state index is 11.1. The van der Waals surface area contributed by atoms with E-state index < -0.39 is 11.5 Å². The normalized spacial score (nSPS) is 13.4. The fourth-order valence-corrected chi connectivity index (χ4v) is 0.365. The lowest BCUT2D eigenvalue weighted by Gasteiger charge is -1.74. The summed E-state index contributed by atoms with van der Waals surface area (Å²) in [5.41, 5.74) is 0. The van der Waals surface area contributed by atoms with Crippen LogP contribution in [0.25, 0.3) is 0 Å². The van der Waals surface area contributed by atoms with Crippen molar-refractivity contribution in [1.29, 1.82) is 0 Å². The van der Waals surface area contributed by atoms with Gasteiger partial charge in [0.05, 0.1) is 0 Å². The van der Waals surface area contributed by atoms with Gasteiger partial charge in [0.2, 0.25) is 6.61 Å². The highest BCUT2D eigenvalue weighted by Gasteiger charge is 2.01. The molecule has 1 atom stereocenters. The smallest absolute Gasteiger partial charge is 0.188 e. The number of rotatable bonds is 3. The standard InChI is InChI=1S/C3H6FO2S/c1-2-3-6-7(4)5/h3H,2H2,1H3/q+1. The summed E-state index contributed by atoms with van der Waals surface area (Å²) >= 11 is -2.62. The molecule has 0 fully saturated rings. The Labute approximate surface area is 44.6 Å². The van der Waals surface area contributed by atoms with E-state index in [9.17, 15) is 8.09 Å². The lowest BCUT2D eigenvalue weighted by Crippen LogP contribution is -1.83. The largest absolute Gasteiger partial charge is 0.388 e. The summed E-state index contributed by atoms with van der Waals surface area (Å²) in [7, 11) is 0. The Morgan fingerprint density at radius 2 is 2.57 bits per heavy atom. The van der Waals surface area contributed by atoms with Crippen LogP contribution in [0.1, 0.15) is 13.3 Å². The molecule has 0 aromatic heterocycles.